The van der Waals surface area contributed by atoms with Crippen LogP contribution in [0.2, 0.25) is 0 Å². The highest BCUT2D eigenvalue weighted by molar-refractivity contribution is 7.09. The van der Waals surface area contributed by atoms with Crippen LogP contribution in [0.1, 0.15) is 38.1 Å². The molecule has 3 heteroatoms. The van der Waals surface area contributed by atoms with Gasteiger partial charge in [-0.3, -0.25) is 0 Å². The van der Waals surface area contributed by atoms with Crippen molar-refractivity contribution in [3.63, 3.8) is 0 Å². The molecule has 0 aliphatic heterocycles. The predicted molar refractivity (Wildman–Crippen MR) is 64.9 cm³/mol. The first-order valence-corrected chi connectivity index (χ1v) is 6.61. The molecule has 0 amide bonds. The van der Waals surface area contributed by atoms with E-state index in [1.165, 1.54) is 24.3 Å². The largest absolute Gasteiger partial charge is 0.327 e. The van der Waals surface area contributed by atoms with Crippen LogP contribution in [0, 0.1) is 11.3 Å². The molecule has 0 radical (unpaired) electrons. The van der Waals surface area contributed by atoms with Gasteiger partial charge in [-0.2, -0.15) is 0 Å². The van der Waals surface area contributed by atoms with Gasteiger partial charge in [-0.25, -0.2) is 4.98 Å². The summed E-state index contributed by atoms with van der Waals surface area (Å²) < 4.78 is 0. The van der Waals surface area contributed by atoms with E-state index in [4.69, 9.17) is 5.73 Å². The van der Waals surface area contributed by atoms with Gasteiger partial charge in [0.1, 0.15) is 0 Å². The van der Waals surface area contributed by atoms with E-state index in [0.29, 0.717) is 11.3 Å². The van der Waals surface area contributed by atoms with Crippen molar-refractivity contribution in [1.82, 2.24) is 4.98 Å². The van der Waals surface area contributed by atoms with Gasteiger partial charge < -0.3 is 5.73 Å². The van der Waals surface area contributed by atoms with Crippen molar-refractivity contribution in [2.75, 3.05) is 0 Å². The molecule has 1 fully saturated rings. The molecule has 1 aliphatic rings. The lowest BCUT2D eigenvalue weighted by molar-refractivity contribution is 0.220. The number of rotatable bonds is 3. The summed E-state index contributed by atoms with van der Waals surface area (Å²) in [4.78, 5) is 4.31. The molecule has 2 nitrogen and oxygen atoms in total. The van der Waals surface area contributed by atoms with E-state index in [1.807, 2.05) is 11.6 Å². The monoisotopic (exact) mass is 224 g/mol. The van der Waals surface area contributed by atoms with E-state index >= 15 is 0 Å². The SMILES string of the molecule is CC1(C)CCCC1C(N)Cc1nccs1. The molecule has 2 N–H and O–H groups in total. The molecule has 2 atom stereocenters. The highest BCUT2D eigenvalue weighted by Crippen LogP contribution is 2.44. The Balaban J connectivity index is 1.99. The van der Waals surface area contributed by atoms with E-state index in [9.17, 15) is 0 Å². The fourth-order valence-corrected chi connectivity index (χ4v) is 3.53. The van der Waals surface area contributed by atoms with E-state index < -0.39 is 0 Å². The zero-order chi connectivity index (χ0) is 10.9. The first kappa shape index (κ1) is 11.1. The molecule has 0 spiro atoms. The highest BCUT2D eigenvalue weighted by Gasteiger charge is 2.38. The minimum absolute atomic E-state index is 0.286. The molecule has 1 aliphatic carbocycles. The van der Waals surface area contributed by atoms with Gasteiger partial charge in [-0.1, -0.05) is 20.3 Å². The van der Waals surface area contributed by atoms with Crippen molar-refractivity contribution in [2.24, 2.45) is 17.1 Å². The molecule has 1 heterocycles. The molecule has 1 saturated carbocycles. The first-order valence-electron chi connectivity index (χ1n) is 5.73. The van der Waals surface area contributed by atoms with Gasteiger partial charge in [0.2, 0.25) is 0 Å². The lowest BCUT2D eigenvalue weighted by Gasteiger charge is -2.31. The molecule has 15 heavy (non-hydrogen) atoms. The second-order valence-electron chi connectivity index (χ2n) is 5.28. The minimum atomic E-state index is 0.286. The maximum absolute atomic E-state index is 6.31. The fraction of sp³-hybridized carbons (Fsp3) is 0.750. The van der Waals surface area contributed by atoms with Gasteiger partial charge in [-0.05, 0) is 24.2 Å². The first-order chi connectivity index (χ1) is 7.09. The molecule has 1 aromatic heterocycles. The summed E-state index contributed by atoms with van der Waals surface area (Å²) in [5.74, 6) is 0.668. The number of hydrogen-bond donors (Lipinski definition) is 1. The van der Waals surface area contributed by atoms with Crippen LogP contribution in [0.4, 0.5) is 0 Å². The lowest BCUT2D eigenvalue weighted by atomic mass is 9.77. The Bertz CT molecular complexity index is 305. The topological polar surface area (TPSA) is 38.9 Å². The number of nitrogens with two attached hydrogens (primary N) is 1. The summed E-state index contributed by atoms with van der Waals surface area (Å²) in [7, 11) is 0. The average molecular weight is 224 g/mol. The van der Waals surface area contributed by atoms with E-state index in [-0.39, 0.29) is 6.04 Å². The fourth-order valence-electron chi connectivity index (χ4n) is 2.84. The lowest BCUT2D eigenvalue weighted by Crippen LogP contribution is -2.38. The summed E-state index contributed by atoms with van der Waals surface area (Å²) in [6, 6.07) is 0.286. The van der Waals surface area contributed by atoms with Crippen molar-refractivity contribution in [3.05, 3.63) is 16.6 Å². The Morgan fingerprint density at radius 1 is 1.67 bits per heavy atom. The summed E-state index contributed by atoms with van der Waals surface area (Å²) in [6.45, 7) is 4.71. The van der Waals surface area contributed by atoms with E-state index in [2.05, 4.69) is 18.8 Å². The zero-order valence-electron chi connectivity index (χ0n) is 9.57. The Hall–Kier alpha value is -0.410. The van der Waals surface area contributed by atoms with Crippen molar-refractivity contribution in [2.45, 2.75) is 45.6 Å². The van der Waals surface area contributed by atoms with Crippen LogP contribution in [-0.2, 0) is 6.42 Å². The Morgan fingerprint density at radius 2 is 2.47 bits per heavy atom. The van der Waals surface area contributed by atoms with E-state index in [1.54, 1.807) is 11.3 Å². The number of aromatic nitrogens is 1. The van der Waals surface area contributed by atoms with Crippen molar-refractivity contribution < 1.29 is 0 Å². The van der Waals surface area contributed by atoms with Gasteiger partial charge in [-0.15, -0.1) is 11.3 Å². The molecular weight excluding hydrogens is 204 g/mol. The number of nitrogens with zero attached hydrogens (tertiary/aromatic N) is 1. The Labute approximate surface area is 95.9 Å². The summed E-state index contributed by atoms with van der Waals surface area (Å²) in [6.07, 6.45) is 6.77. The quantitative estimate of drug-likeness (QED) is 0.857. The number of thiazole rings is 1. The molecule has 1 aromatic rings. The van der Waals surface area contributed by atoms with Crippen LogP contribution >= 0.6 is 11.3 Å². The third-order valence-electron chi connectivity index (χ3n) is 3.75. The Kier molecular flexibility index (Phi) is 3.12. The second kappa shape index (κ2) is 4.22. The van der Waals surface area contributed by atoms with E-state index in [0.717, 1.165) is 6.42 Å². The Morgan fingerprint density at radius 3 is 3.00 bits per heavy atom. The molecular formula is C12H20N2S. The third-order valence-corrected chi connectivity index (χ3v) is 4.55. The average Bonchev–Trinajstić information content (AvgIpc) is 2.73. The van der Waals surface area contributed by atoms with Gasteiger partial charge in [0.25, 0.3) is 0 Å². The maximum Gasteiger partial charge on any atom is 0.0940 e. The normalized spacial score (nSPS) is 26.7. The smallest absolute Gasteiger partial charge is 0.0940 e. The summed E-state index contributed by atoms with van der Waals surface area (Å²) in [5, 5.41) is 3.21. The van der Waals surface area contributed by atoms with Crippen LogP contribution in [0.3, 0.4) is 0 Å². The molecule has 2 unspecified atom stereocenters. The predicted octanol–water partition coefficient (Wildman–Crippen LogP) is 2.84. The van der Waals surface area contributed by atoms with Crippen LogP contribution in [0.5, 0.6) is 0 Å². The molecule has 0 saturated heterocycles. The van der Waals surface area contributed by atoms with Gasteiger partial charge in [0.05, 0.1) is 5.01 Å². The summed E-state index contributed by atoms with van der Waals surface area (Å²) in [5.41, 5.74) is 6.74. The van der Waals surface area contributed by atoms with Crippen LogP contribution in [0.15, 0.2) is 11.6 Å². The molecule has 84 valence electrons. The van der Waals surface area contributed by atoms with Gasteiger partial charge >= 0.3 is 0 Å². The van der Waals surface area contributed by atoms with Crippen molar-refractivity contribution in [3.8, 4) is 0 Å². The van der Waals surface area contributed by atoms with Crippen molar-refractivity contribution >= 4 is 11.3 Å². The van der Waals surface area contributed by atoms with Crippen molar-refractivity contribution in [1.29, 1.82) is 0 Å². The third kappa shape index (κ3) is 2.40. The molecule has 2 rings (SSSR count). The van der Waals surface area contributed by atoms with Gasteiger partial charge in [0.15, 0.2) is 0 Å². The number of hydrogen-bond acceptors (Lipinski definition) is 3. The summed E-state index contributed by atoms with van der Waals surface area (Å²) >= 11 is 1.72. The highest BCUT2D eigenvalue weighted by atomic mass is 32.1. The maximum atomic E-state index is 6.31. The zero-order valence-corrected chi connectivity index (χ0v) is 10.4. The second-order valence-corrected chi connectivity index (χ2v) is 6.26. The van der Waals surface area contributed by atoms with Crippen LogP contribution in [0.25, 0.3) is 0 Å². The van der Waals surface area contributed by atoms with Crippen LogP contribution < -0.4 is 5.73 Å². The van der Waals surface area contributed by atoms with Crippen LogP contribution in [-0.4, -0.2) is 11.0 Å². The van der Waals surface area contributed by atoms with Gasteiger partial charge in [0, 0.05) is 24.0 Å². The molecule has 0 aromatic carbocycles. The minimum Gasteiger partial charge on any atom is -0.327 e. The molecule has 0 bridgehead atoms. The standard InChI is InChI=1S/C12H20N2S/c1-12(2)5-3-4-9(12)10(13)8-11-14-6-7-15-11/h6-7,9-10H,3-5,8,13H2,1-2H3.